The van der Waals surface area contributed by atoms with Crippen molar-refractivity contribution >= 4 is 18.3 Å². The number of amides is 1. The summed E-state index contributed by atoms with van der Waals surface area (Å²) in [6.07, 6.45) is 0. The molecule has 1 aliphatic rings. The van der Waals surface area contributed by atoms with E-state index in [-0.39, 0.29) is 23.9 Å². The molecule has 0 radical (unpaired) electrons. The summed E-state index contributed by atoms with van der Waals surface area (Å²) in [5.74, 6) is 0.102. The Morgan fingerprint density at radius 2 is 2.23 bits per heavy atom. The Hall–Kier alpha value is -0.320. The molecule has 5 heteroatoms. The fraction of sp³-hybridized carbons (Fsp3) is 0.875. The van der Waals surface area contributed by atoms with Gasteiger partial charge in [0, 0.05) is 25.2 Å². The van der Waals surface area contributed by atoms with E-state index < -0.39 is 0 Å². The van der Waals surface area contributed by atoms with Gasteiger partial charge in [0.25, 0.3) is 0 Å². The lowest BCUT2D eigenvalue weighted by molar-refractivity contribution is -0.124. The van der Waals surface area contributed by atoms with Gasteiger partial charge in [0.05, 0.1) is 6.54 Å². The number of carbonyl (C=O) groups is 1. The van der Waals surface area contributed by atoms with Crippen LogP contribution in [0.2, 0.25) is 0 Å². The third kappa shape index (κ3) is 5.08. The minimum absolute atomic E-state index is 0. The van der Waals surface area contributed by atoms with Gasteiger partial charge in [-0.25, -0.2) is 0 Å². The second-order valence-corrected chi connectivity index (χ2v) is 4.05. The molecule has 0 bridgehead atoms. The summed E-state index contributed by atoms with van der Waals surface area (Å²) in [4.78, 5) is 13.0. The van der Waals surface area contributed by atoms with Gasteiger partial charge in [-0.05, 0) is 13.8 Å². The summed E-state index contributed by atoms with van der Waals surface area (Å²) in [6, 6.07) is 0. The van der Waals surface area contributed by atoms with Crippen LogP contribution in [0, 0.1) is 0 Å². The van der Waals surface area contributed by atoms with Gasteiger partial charge in [-0.1, -0.05) is 0 Å². The lowest BCUT2D eigenvalue weighted by Gasteiger charge is -2.32. The highest BCUT2D eigenvalue weighted by Gasteiger charge is 2.21. The predicted octanol–water partition coefficient (Wildman–Crippen LogP) is -0.423. The number of nitrogens with one attached hydrogen (secondary N) is 1. The number of nitrogens with two attached hydrogens (primary N) is 1. The van der Waals surface area contributed by atoms with Crippen LogP contribution in [0.25, 0.3) is 0 Å². The van der Waals surface area contributed by atoms with Gasteiger partial charge in [0.2, 0.25) is 5.91 Å². The average molecular weight is 208 g/mol. The Labute approximate surface area is 85.3 Å². The summed E-state index contributed by atoms with van der Waals surface area (Å²) in [7, 11) is 0. The maximum atomic E-state index is 11.0. The van der Waals surface area contributed by atoms with Crippen LogP contribution >= 0.6 is 12.4 Å². The van der Waals surface area contributed by atoms with E-state index in [0.717, 1.165) is 19.6 Å². The van der Waals surface area contributed by atoms with Crippen molar-refractivity contribution in [2.24, 2.45) is 5.73 Å². The second-order valence-electron chi connectivity index (χ2n) is 4.05. The van der Waals surface area contributed by atoms with Crippen LogP contribution in [0.3, 0.4) is 0 Å². The summed E-state index contributed by atoms with van der Waals surface area (Å²) in [5, 5.41) is 2.78. The topological polar surface area (TPSA) is 58.4 Å². The minimum atomic E-state index is -0.211. The SMILES string of the molecule is CC(C)(N)CN1CCNC(=O)C1.Cl. The van der Waals surface area contributed by atoms with E-state index in [1.807, 2.05) is 13.8 Å². The van der Waals surface area contributed by atoms with E-state index in [4.69, 9.17) is 5.73 Å². The molecular formula is C8H18ClN3O. The van der Waals surface area contributed by atoms with Gasteiger partial charge >= 0.3 is 0 Å². The van der Waals surface area contributed by atoms with Crippen LogP contribution < -0.4 is 11.1 Å². The van der Waals surface area contributed by atoms with Gasteiger partial charge in [0.15, 0.2) is 0 Å². The van der Waals surface area contributed by atoms with Crippen molar-refractivity contribution < 1.29 is 4.79 Å². The first-order chi connectivity index (χ1) is 5.47. The van der Waals surface area contributed by atoms with Gasteiger partial charge in [0.1, 0.15) is 0 Å². The predicted molar refractivity (Wildman–Crippen MR) is 55.0 cm³/mol. The Kier molecular flexibility index (Phi) is 4.67. The van der Waals surface area contributed by atoms with Crippen LogP contribution in [0.4, 0.5) is 0 Å². The Bertz CT molecular complexity index is 179. The molecule has 0 unspecified atom stereocenters. The maximum absolute atomic E-state index is 11.0. The maximum Gasteiger partial charge on any atom is 0.234 e. The van der Waals surface area contributed by atoms with Gasteiger partial charge < -0.3 is 11.1 Å². The molecule has 1 fully saturated rings. The molecule has 1 aliphatic heterocycles. The molecule has 0 spiro atoms. The second kappa shape index (κ2) is 4.79. The van der Waals surface area contributed by atoms with Crippen molar-refractivity contribution in [2.75, 3.05) is 26.2 Å². The molecule has 0 atom stereocenters. The standard InChI is InChI=1S/C8H17N3O.ClH/c1-8(2,9)6-11-4-3-10-7(12)5-11;/h3-6,9H2,1-2H3,(H,10,12);1H. The highest BCUT2D eigenvalue weighted by molar-refractivity contribution is 5.85. The van der Waals surface area contributed by atoms with E-state index in [1.165, 1.54) is 0 Å². The first kappa shape index (κ1) is 12.7. The number of carbonyl (C=O) groups excluding carboxylic acids is 1. The van der Waals surface area contributed by atoms with E-state index in [9.17, 15) is 4.79 Å². The van der Waals surface area contributed by atoms with Crippen LogP contribution in [0.5, 0.6) is 0 Å². The van der Waals surface area contributed by atoms with Crippen LogP contribution in [0.15, 0.2) is 0 Å². The zero-order valence-corrected chi connectivity index (χ0v) is 8.99. The molecule has 1 amide bonds. The first-order valence-electron chi connectivity index (χ1n) is 4.25. The van der Waals surface area contributed by atoms with Crippen LogP contribution in [0.1, 0.15) is 13.8 Å². The highest BCUT2D eigenvalue weighted by atomic mass is 35.5. The summed E-state index contributed by atoms with van der Waals surface area (Å²) < 4.78 is 0. The summed E-state index contributed by atoms with van der Waals surface area (Å²) >= 11 is 0. The Balaban J connectivity index is 0.00000144. The molecule has 13 heavy (non-hydrogen) atoms. The molecule has 1 saturated heterocycles. The third-order valence-electron chi connectivity index (χ3n) is 1.75. The number of hydrogen-bond donors (Lipinski definition) is 2. The smallest absolute Gasteiger partial charge is 0.234 e. The van der Waals surface area contributed by atoms with Crippen molar-refractivity contribution in [2.45, 2.75) is 19.4 Å². The van der Waals surface area contributed by atoms with E-state index >= 15 is 0 Å². The number of hydrogen-bond acceptors (Lipinski definition) is 3. The van der Waals surface area contributed by atoms with E-state index in [2.05, 4.69) is 10.2 Å². The number of rotatable bonds is 2. The molecule has 0 saturated carbocycles. The van der Waals surface area contributed by atoms with Crippen molar-refractivity contribution in [3.8, 4) is 0 Å². The molecule has 0 aromatic rings. The summed E-state index contributed by atoms with van der Waals surface area (Å²) in [6.45, 7) is 6.86. The fourth-order valence-electron chi connectivity index (χ4n) is 1.40. The first-order valence-corrected chi connectivity index (χ1v) is 4.25. The molecule has 78 valence electrons. The van der Waals surface area contributed by atoms with Crippen LogP contribution in [-0.4, -0.2) is 42.5 Å². The number of nitrogens with zero attached hydrogens (tertiary/aromatic N) is 1. The van der Waals surface area contributed by atoms with Crippen molar-refractivity contribution in [1.82, 2.24) is 10.2 Å². The Morgan fingerprint density at radius 1 is 1.62 bits per heavy atom. The zero-order chi connectivity index (χ0) is 9.19. The van der Waals surface area contributed by atoms with Crippen molar-refractivity contribution in [1.29, 1.82) is 0 Å². The van der Waals surface area contributed by atoms with Crippen molar-refractivity contribution in [3.63, 3.8) is 0 Å². The molecule has 3 N–H and O–H groups in total. The quantitative estimate of drug-likeness (QED) is 0.647. The number of halogens is 1. The van der Waals surface area contributed by atoms with E-state index in [1.54, 1.807) is 0 Å². The largest absolute Gasteiger partial charge is 0.354 e. The average Bonchev–Trinajstić information content (AvgIpc) is 1.82. The van der Waals surface area contributed by atoms with Gasteiger partial charge in [-0.3, -0.25) is 9.69 Å². The van der Waals surface area contributed by atoms with Gasteiger partial charge in [-0.2, -0.15) is 0 Å². The minimum Gasteiger partial charge on any atom is -0.354 e. The lowest BCUT2D eigenvalue weighted by Crippen LogP contribution is -2.53. The normalized spacial score (nSPS) is 19.2. The molecule has 4 nitrogen and oxygen atoms in total. The monoisotopic (exact) mass is 207 g/mol. The van der Waals surface area contributed by atoms with Crippen molar-refractivity contribution in [3.05, 3.63) is 0 Å². The molecular weight excluding hydrogens is 190 g/mol. The highest BCUT2D eigenvalue weighted by Crippen LogP contribution is 2.02. The third-order valence-corrected chi connectivity index (χ3v) is 1.75. The lowest BCUT2D eigenvalue weighted by atomic mass is 10.1. The molecule has 1 rings (SSSR count). The zero-order valence-electron chi connectivity index (χ0n) is 8.17. The van der Waals surface area contributed by atoms with E-state index in [0.29, 0.717) is 6.54 Å². The molecule has 0 aromatic carbocycles. The molecule has 0 aliphatic carbocycles. The summed E-state index contributed by atoms with van der Waals surface area (Å²) in [5.41, 5.74) is 5.63. The number of piperazine rings is 1. The van der Waals surface area contributed by atoms with Gasteiger partial charge in [-0.15, -0.1) is 12.4 Å². The molecule has 0 aromatic heterocycles. The van der Waals surface area contributed by atoms with Crippen LogP contribution in [-0.2, 0) is 4.79 Å². The fourth-order valence-corrected chi connectivity index (χ4v) is 1.40. The molecule has 1 heterocycles. The Morgan fingerprint density at radius 3 is 2.69 bits per heavy atom.